The van der Waals surface area contributed by atoms with Gasteiger partial charge in [-0.3, -0.25) is 9.59 Å². The lowest BCUT2D eigenvalue weighted by atomic mass is 10.2. The molecule has 25 heavy (non-hydrogen) atoms. The summed E-state index contributed by atoms with van der Waals surface area (Å²) in [6.45, 7) is 1.08. The fourth-order valence-electron chi connectivity index (χ4n) is 2.00. The maximum Gasteiger partial charge on any atom is 0.251 e. The second kappa shape index (κ2) is 10.2. The van der Waals surface area contributed by atoms with Crippen LogP contribution >= 0.6 is 31.9 Å². The molecule has 132 valence electrons. The molecule has 0 aliphatic rings. The Morgan fingerprint density at radius 3 is 2.40 bits per heavy atom. The Hall–Kier alpha value is -1.86. The Bertz CT molecular complexity index is 721. The zero-order valence-electron chi connectivity index (χ0n) is 13.4. The smallest absolute Gasteiger partial charge is 0.251 e. The number of benzene rings is 2. The second-order valence-electron chi connectivity index (χ2n) is 5.17. The summed E-state index contributed by atoms with van der Waals surface area (Å²) >= 11 is 6.69. The van der Waals surface area contributed by atoms with E-state index in [-0.39, 0.29) is 24.8 Å². The Balaban J connectivity index is 1.59. The summed E-state index contributed by atoms with van der Waals surface area (Å²) in [4.78, 5) is 23.6. The molecule has 5 nitrogen and oxygen atoms in total. The fourth-order valence-corrected chi connectivity index (χ4v) is 2.64. The largest absolute Gasteiger partial charge is 0.492 e. The first-order valence-corrected chi connectivity index (χ1v) is 9.32. The van der Waals surface area contributed by atoms with Gasteiger partial charge in [0, 0.05) is 27.5 Å². The number of carbonyl (C=O) groups is 2. The lowest BCUT2D eigenvalue weighted by Crippen LogP contribution is -2.32. The molecular weight excluding hydrogens is 452 g/mol. The third-order valence-electron chi connectivity index (χ3n) is 3.23. The Labute approximate surface area is 163 Å². The number of amides is 2. The number of carbonyl (C=O) groups excluding carboxylic acids is 2. The van der Waals surface area contributed by atoms with E-state index < -0.39 is 0 Å². The molecule has 0 radical (unpaired) electrons. The van der Waals surface area contributed by atoms with Gasteiger partial charge in [0.05, 0.1) is 6.54 Å². The Morgan fingerprint density at radius 1 is 0.920 bits per heavy atom. The molecule has 2 rings (SSSR count). The summed E-state index contributed by atoms with van der Waals surface area (Å²) in [7, 11) is 0. The van der Waals surface area contributed by atoms with Crippen LogP contribution in [-0.2, 0) is 4.79 Å². The molecule has 2 aromatic rings. The Morgan fingerprint density at radius 2 is 1.68 bits per heavy atom. The molecule has 0 aliphatic heterocycles. The number of halogens is 2. The molecule has 0 heterocycles. The molecule has 0 saturated heterocycles. The lowest BCUT2D eigenvalue weighted by Gasteiger charge is -2.09. The van der Waals surface area contributed by atoms with Crippen molar-refractivity contribution in [1.82, 2.24) is 10.6 Å². The number of hydrogen-bond donors (Lipinski definition) is 2. The molecule has 0 aliphatic carbocycles. The van der Waals surface area contributed by atoms with E-state index in [2.05, 4.69) is 42.5 Å². The quantitative estimate of drug-likeness (QED) is 0.581. The van der Waals surface area contributed by atoms with Crippen molar-refractivity contribution in [1.29, 1.82) is 0 Å². The van der Waals surface area contributed by atoms with Crippen molar-refractivity contribution in [2.45, 2.75) is 6.42 Å². The minimum Gasteiger partial charge on any atom is -0.492 e. The third-order valence-corrected chi connectivity index (χ3v) is 4.25. The fraction of sp³-hybridized carbons (Fsp3) is 0.222. The first-order chi connectivity index (χ1) is 12.0. The SMILES string of the molecule is O=C(CCNC(=O)c1ccc(Br)cc1)NCCOc1cccc(Br)c1. The molecule has 0 atom stereocenters. The summed E-state index contributed by atoms with van der Waals surface area (Å²) in [5.74, 6) is 0.414. The lowest BCUT2D eigenvalue weighted by molar-refractivity contribution is -0.121. The molecule has 7 heteroatoms. The second-order valence-corrected chi connectivity index (χ2v) is 7.00. The normalized spacial score (nSPS) is 10.2. The summed E-state index contributed by atoms with van der Waals surface area (Å²) in [5, 5.41) is 5.48. The van der Waals surface area contributed by atoms with Crippen LogP contribution in [0.15, 0.2) is 57.5 Å². The van der Waals surface area contributed by atoms with E-state index in [0.717, 1.165) is 14.7 Å². The highest BCUT2D eigenvalue weighted by Gasteiger charge is 2.06. The van der Waals surface area contributed by atoms with E-state index >= 15 is 0 Å². The van der Waals surface area contributed by atoms with Crippen molar-refractivity contribution in [2.24, 2.45) is 0 Å². The van der Waals surface area contributed by atoms with Crippen LogP contribution in [0, 0.1) is 0 Å². The minimum atomic E-state index is -0.196. The van der Waals surface area contributed by atoms with Gasteiger partial charge in [0.1, 0.15) is 12.4 Å². The molecule has 2 N–H and O–H groups in total. The highest BCUT2D eigenvalue weighted by atomic mass is 79.9. The van der Waals surface area contributed by atoms with E-state index in [0.29, 0.717) is 18.7 Å². The molecule has 2 aromatic carbocycles. The van der Waals surface area contributed by atoms with Gasteiger partial charge in [-0.25, -0.2) is 0 Å². The van der Waals surface area contributed by atoms with Crippen LogP contribution in [0.5, 0.6) is 5.75 Å². The summed E-state index contributed by atoms with van der Waals surface area (Å²) in [6, 6.07) is 14.5. The molecule has 0 bridgehead atoms. The standard InChI is InChI=1S/C18H18Br2N2O3/c19-14-6-4-13(5-7-14)18(24)22-9-8-17(23)21-10-11-25-16-3-1-2-15(20)12-16/h1-7,12H,8-11H2,(H,21,23)(H,22,24). The van der Waals surface area contributed by atoms with Gasteiger partial charge in [-0.05, 0) is 42.5 Å². The maximum atomic E-state index is 11.9. The van der Waals surface area contributed by atoms with Crippen LogP contribution in [0.1, 0.15) is 16.8 Å². The molecular formula is C18H18Br2N2O3. The van der Waals surface area contributed by atoms with Crippen molar-refractivity contribution in [2.75, 3.05) is 19.7 Å². The average molecular weight is 470 g/mol. The van der Waals surface area contributed by atoms with Crippen LogP contribution in [0.2, 0.25) is 0 Å². The van der Waals surface area contributed by atoms with Crippen molar-refractivity contribution in [3.05, 3.63) is 63.0 Å². The van der Waals surface area contributed by atoms with E-state index in [4.69, 9.17) is 4.74 Å². The van der Waals surface area contributed by atoms with Crippen molar-refractivity contribution < 1.29 is 14.3 Å². The molecule has 0 saturated carbocycles. The van der Waals surface area contributed by atoms with E-state index in [1.54, 1.807) is 24.3 Å². The molecule has 2 amide bonds. The topological polar surface area (TPSA) is 67.4 Å². The van der Waals surface area contributed by atoms with Gasteiger partial charge in [-0.2, -0.15) is 0 Å². The van der Waals surface area contributed by atoms with Crippen molar-refractivity contribution in [3.63, 3.8) is 0 Å². The van der Waals surface area contributed by atoms with Crippen molar-refractivity contribution >= 4 is 43.7 Å². The van der Waals surface area contributed by atoms with E-state index in [1.165, 1.54) is 0 Å². The molecule has 0 aromatic heterocycles. The van der Waals surface area contributed by atoms with Crippen LogP contribution in [0.25, 0.3) is 0 Å². The first kappa shape index (κ1) is 19.5. The van der Waals surface area contributed by atoms with Crippen molar-refractivity contribution in [3.8, 4) is 5.75 Å². The van der Waals surface area contributed by atoms with Gasteiger partial charge in [-0.1, -0.05) is 37.9 Å². The van der Waals surface area contributed by atoms with Gasteiger partial charge in [0.25, 0.3) is 5.91 Å². The zero-order valence-corrected chi connectivity index (χ0v) is 16.6. The number of nitrogens with one attached hydrogen (secondary N) is 2. The monoisotopic (exact) mass is 468 g/mol. The summed E-state index contributed by atoms with van der Waals surface area (Å²) in [5.41, 5.74) is 0.561. The molecule has 0 spiro atoms. The van der Waals surface area contributed by atoms with Crippen LogP contribution in [0.4, 0.5) is 0 Å². The van der Waals surface area contributed by atoms with Gasteiger partial charge in [0.2, 0.25) is 5.91 Å². The van der Waals surface area contributed by atoms with Gasteiger partial charge in [0.15, 0.2) is 0 Å². The van der Waals surface area contributed by atoms with Gasteiger partial charge in [-0.15, -0.1) is 0 Å². The zero-order chi connectivity index (χ0) is 18.1. The average Bonchev–Trinajstić information content (AvgIpc) is 2.59. The number of ether oxygens (including phenoxy) is 1. The van der Waals surface area contributed by atoms with Crippen LogP contribution in [0.3, 0.4) is 0 Å². The van der Waals surface area contributed by atoms with Crippen LogP contribution in [-0.4, -0.2) is 31.5 Å². The predicted octanol–water partition coefficient (Wildman–Crippen LogP) is 3.53. The maximum absolute atomic E-state index is 11.9. The van der Waals surface area contributed by atoms with E-state index in [9.17, 15) is 9.59 Å². The first-order valence-electron chi connectivity index (χ1n) is 7.73. The summed E-state index contributed by atoms with van der Waals surface area (Å²) < 4.78 is 7.38. The highest BCUT2D eigenvalue weighted by Crippen LogP contribution is 2.17. The summed E-state index contributed by atoms with van der Waals surface area (Å²) in [6.07, 6.45) is 0.221. The van der Waals surface area contributed by atoms with Crippen LogP contribution < -0.4 is 15.4 Å². The highest BCUT2D eigenvalue weighted by molar-refractivity contribution is 9.10. The Kier molecular flexibility index (Phi) is 7.94. The predicted molar refractivity (Wildman–Crippen MR) is 104 cm³/mol. The van der Waals surface area contributed by atoms with Gasteiger partial charge >= 0.3 is 0 Å². The minimum absolute atomic E-state index is 0.131. The number of rotatable bonds is 8. The molecule has 0 fully saturated rings. The third kappa shape index (κ3) is 7.27. The number of hydrogen-bond acceptors (Lipinski definition) is 3. The van der Waals surface area contributed by atoms with E-state index in [1.807, 2.05) is 24.3 Å². The molecule has 0 unspecified atom stereocenters. The van der Waals surface area contributed by atoms with Gasteiger partial charge < -0.3 is 15.4 Å².